The Labute approximate surface area is 276 Å². The molecule has 2 atom stereocenters. The van der Waals surface area contributed by atoms with Crippen molar-refractivity contribution in [2.75, 3.05) is 13.2 Å². The number of ether oxygens (including phenoxy) is 2. The van der Waals surface area contributed by atoms with Crippen LogP contribution >= 0.6 is 0 Å². The van der Waals surface area contributed by atoms with Gasteiger partial charge in [-0.1, -0.05) is 104 Å². The summed E-state index contributed by atoms with van der Waals surface area (Å²) in [5.74, 6) is 1.53. The number of rotatable bonds is 20. The van der Waals surface area contributed by atoms with Gasteiger partial charge in [-0.2, -0.15) is 0 Å². The van der Waals surface area contributed by atoms with Crippen LogP contribution in [0.5, 0.6) is 11.5 Å². The van der Waals surface area contributed by atoms with E-state index in [9.17, 15) is 19.8 Å². The summed E-state index contributed by atoms with van der Waals surface area (Å²) in [7, 11) is 0. The Morgan fingerprint density at radius 2 is 0.957 bits per heavy atom. The Morgan fingerprint density at radius 1 is 0.565 bits per heavy atom. The fraction of sp³-hybridized carbons (Fsp3) is 0.500. The highest BCUT2D eigenvalue weighted by atomic mass is 16.5. The van der Waals surface area contributed by atoms with E-state index in [4.69, 9.17) is 9.47 Å². The van der Waals surface area contributed by atoms with E-state index in [0.29, 0.717) is 70.6 Å². The standard InChI is InChI=1S/C40H54O6/c1-27(2)11-7-13-29(5)19-21-45-33-17-9-15-31(23-33)35-25-38(40(43)44)36(26-37(35)39(41)42)32-16-10-18-34(24-32)46-22-20-30(6)14-8-12-28(3)4/h9-10,15-18,23-30H,7-8,11-14,19-22H2,1-6H3,(H,41,42)(H,43,44). The Hall–Kier alpha value is -3.80. The maximum atomic E-state index is 12.5. The second kappa shape index (κ2) is 18.4. The van der Waals surface area contributed by atoms with Crippen LogP contribution in [0.1, 0.15) is 114 Å². The van der Waals surface area contributed by atoms with Crippen LogP contribution in [0.2, 0.25) is 0 Å². The van der Waals surface area contributed by atoms with Gasteiger partial charge in [0.2, 0.25) is 0 Å². The SMILES string of the molecule is CC(C)CCCC(C)CCOc1cccc(-c2cc(C(=O)O)c(-c3cccc(OCCC(C)CCCC(C)C)c3)cc2C(=O)O)c1. The zero-order chi connectivity index (χ0) is 33.6. The molecular formula is C40H54O6. The minimum atomic E-state index is -1.13. The van der Waals surface area contributed by atoms with Crippen LogP contribution < -0.4 is 9.47 Å². The third-order valence-corrected chi connectivity index (χ3v) is 8.62. The molecule has 6 nitrogen and oxygen atoms in total. The molecule has 0 amide bonds. The Balaban J connectivity index is 1.78. The van der Waals surface area contributed by atoms with Crippen molar-refractivity contribution in [1.29, 1.82) is 0 Å². The summed E-state index contributed by atoms with van der Waals surface area (Å²) in [5.41, 5.74) is 1.90. The number of carbonyl (C=O) groups is 2. The van der Waals surface area contributed by atoms with E-state index in [2.05, 4.69) is 41.5 Å². The monoisotopic (exact) mass is 630 g/mol. The third-order valence-electron chi connectivity index (χ3n) is 8.62. The lowest BCUT2D eigenvalue weighted by Crippen LogP contribution is -2.07. The van der Waals surface area contributed by atoms with Crippen molar-refractivity contribution in [3.63, 3.8) is 0 Å². The average Bonchev–Trinajstić information content (AvgIpc) is 3.00. The van der Waals surface area contributed by atoms with Crippen LogP contribution in [0.4, 0.5) is 0 Å². The Bertz CT molecular complexity index is 1300. The van der Waals surface area contributed by atoms with Crippen LogP contribution in [0.25, 0.3) is 22.3 Å². The average molecular weight is 631 g/mol. The molecule has 3 aromatic carbocycles. The highest BCUT2D eigenvalue weighted by molar-refractivity contribution is 6.04. The molecule has 6 heteroatoms. The van der Waals surface area contributed by atoms with Crippen molar-refractivity contribution in [2.45, 2.75) is 92.9 Å². The molecular weight excluding hydrogens is 576 g/mol. The lowest BCUT2D eigenvalue weighted by Gasteiger charge is -2.16. The summed E-state index contributed by atoms with van der Waals surface area (Å²) in [4.78, 5) is 25.0. The fourth-order valence-corrected chi connectivity index (χ4v) is 5.73. The molecule has 3 aromatic rings. The molecule has 0 bridgehead atoms. The number of hydrogen-bond acceptors (Lipinski definition) is 4. The molecule has 0 saturated heterocycles. The van der Waals surface area contributed by atoms with Crippen molar-refractivity contribution in [3.8, 4) is 33.8 Å². The van der Waals surface area contributed by atoms with Crippen LogP contribution in [-0.4, -0.2) is 35.4 Å². The quantitative estimate of drug-likeness (QED) is 0.129. The predicted molar refractivity (Wildman–Crippen MR) is 187 cm³/mol. The van der Waals surface area contributed by atoms with Gasteiger partial charge in [0, 0.05) is 0 Å². The topological polar surface area (TPSA) is 93.1 Å². The van der Waals surface area contributed by atoms with Gasteiger partial charge in [-0.15, -0.1) is 0 Å². The van der Waals surface area contributed by atoms with Crippen molar-refractivity contribution < 1.29 is 29.3 Å². The van der Waals surface area contributed by atoms with Crippen LogP contribution in [0.3, 0.4) is 0 Å². The van der Waals surface area contributed by atoms with Crippen molar-refractivity contribution >= 4 is 11.9 Å². The molecule has 0 spiro atoms. The van der Waals surface area contributed by atoms with Gasteiger partial charge in [0.1, 0.15) is 11.5 Å². The minimum absolute atomic E-state index is 0.0254. The van der Waals surface area contributed by atoms with E-state index in [1.165, 1.54) is 50.7 Å². The third kappa shape index (κ3) is 11.9. The molecule has 0 aliphatic heterocycles. The first-order valence-electron chi connectivity index (χ1n) is 17.1. The van der Waals surface area contributed by atoms with Gasteiger partial charge < -0.3 is 19.7 Å². The van der Waals surface area contributed by atoms with Crippen molar-refractivity contribution in [2.24, 2.45) is 23.7 Å². The second-order valence-electron chi connectivity index (χ2n) is 13.7. The van der Waals surface area contributed by atoms with Crippen LogP contribution in [0, 0.1) is 23.7 Å². The largest absolute Gasteiger partial charge is 0.494 e. The van der Waals surface area contributed by atoms with E-state index in [0.717, 1.165) is 12.8 Å². The predicted octanol–water partition coefficient (Wildman–Crippen LogP) is 10.9. The van der Waals surface area contributed by atoms with Gasteiger partial charge in [0.25, 0.3) is 0 Å². The lowest BCUT2D eigenvalue weighted by molar-refractivity contribution is 0.0682. The molecule has 0 fully saturated rings. The summed E-state index contributed by atoms with van der Waals surface area (Å²) >= 11 is 0. The molecule has 0 saturated carbocycles. The van der Waals surface area contributed by atoms with Gasteiger partial charge in [0.15, 0.2) is 0 Å². The minimum Gasteiger partial charge on any atom is -0.494 e. The van der Waals surface area contributed by atoms with E-state index in [1.54, 1.807) is 24.3 Å². The maximum absolute atomic E-state index is 12.5. The molecule has 2 N–H and O–H groups in total. The zero-order valence-corrected chi connectivity index (χ0v) is 28.7. The van der Waals surface area contributed by atoms with Crippen molar-refractivity contribution in [3.05, 3.63) is 71.8 Å². The molecule has 2 unspecified atom stereocenters. The molecule has 0 aromatic heterocycles. The number of carboxylic acid groups (broad SMARTS) is 2. The summed E-state index contributed by atoms with van der Waals surface area (Å²) in [6.07, 6.45) is 9.08. The lowest BCUT2D eigenvalue weighted by atomic mass is 9.90. The second-order valence-corrected chi connectivity index (χ2v) is 13.7. The van der Waals surface area contributed by atoms with Gasteiger partial charge in [-0.05, 0) is 95.2 Å². The maximum Gasteiger partial charge on any atom is 0.336 e. The zero-order valence-electron chi connectivity index (χ0n) is 28.7. The van der Waals surface area contributed by atoms with Crippen molar-refractivity contribution in [1.82, 2.24) is 0 Å². The Morgan fingerprint density at radius 3 is 1.30 bits per heavy atom. The van der Waals surface area contributed by atoms with Crippen LogP contribution in [-0.2, 0) is 0 Å². The molecule has 0 radical (unpaired) electrons. The van der Waals surface area contributed by atoms with Gasteiger partial charge >= 0.3 is 11.9 Å². The molecule has 46 heavy (non-hydrogen) atoms. The van der Waals surface area contributed by atoms with E-state index in [1.807, 2.05) is 24.3 Å². The van der Waals surface area contributed by atoms with Gasteiger partial charge in [-0.25, -0.2) is 9.59 Å². The number of hydrogen-bond donors (Lipinski definition) is 2. The number of carboxylic acids is 2. The van der Waals surface area contributed by atoms with E-state index < -0.39 is 11.9 Å². The van der Waals surface area contributed by atoms with E-state index in [-0.39, 0.29) is 11.1 Å². The number of aromatic carboxylic acids is 2. The smallest absolute Gasteiger partial charge is 0.336 e. The summed E-state index contributed by atoms with van der Waals surface area (Å²) in [6, 6.07) is 17.4. The van der Waals surface area contributed by atoms with E-state index >= 15 is 0 Å². The van der Waals surface area contributed by atoms with Gasteiger partial charge in [0.05, 0.1) is 24.3 Å². The summed E-state index contributed by atoms with van der Waals surface area (Å²) in [5, 5.41) is 20.4. The first kappa shape index (κ1) is 36.7. The molecule has 3 rings (SSSR count). The highest BCUT2D eigenvalue weighted by Gasteiger charge is 2.21. The first-order chi connectivity index (χ1) is 21.9. The summed E-state index contributed by atoms with van der Waals surface area (Å²) in [6.45, 7) is 14.6. The Kier molecular flexibility index (Phi) is 14.6. The molecule has 0 heterocycles. The number of benzene rings is 3. The highest BCUT2D eigenvalue weighted by Crippen LogP contribution is 2.35. The van der Waals surface area contributed by atoms with Gasteiger partial charge in [-0.3, -0.25) is 0 Å². The summed E-state index contributed by atoms with van der Waals surface area (Å²) < 4.78 is 12.1. The van der Waals surface area contributed by atoms with Crippen LogP contribution in [0.15, 0.2) is 60.7 Å². The normalized spacial score (nSPS) is 12.7. The molecule has 0 aliphatic rings. The fourth-order valence-electron chi connectivity index (χ4n) is 5.73. The first-order valence-corrected chi connectivity index (χ1v) is 17.1. The molecule has 250 valence electrons. The molecule has 0 aliphatic carbocycles.